The second-order valence-corrected chi connectivity index (χ2v) is 5.49. The Labute approximate surface area is 106 Å². The molecule has 1 saturated heterocycles. The zero-order chi connectivity index (χ0) is 13.5. The molecule has 2 rings (SSSR count). The molecule has 1 aromatic heterocycles. The largest absolute Gasteiger partial charge is 0.352 e. The molecular formula is C14H18N2O2. The van der Waals surface area contributed by atoms with Gasteiger partial charge in [0.05, 0.1) is 5.69 Å². The number of nitrogens with one attached hydrogen (secondary N) is 2. The quantitative estimate of drug-likeness (QED) is 0.787. The average Bonchev–Trinajstić information content (AvgIpc) is 2.69. The van der Waals surface area contributed by atoms with Crippen LogP contribution >= 0.6 is 0 Å². The molecule has 0 aliphatic carbocycles. The van der Waals surface area contributed by atoms with Crippen molar-refractivity contribution < 1.29 is 9.59 Å². The maximum atomic E-state index is 11.5. The number of amides is 1. The summed E-state index contributed by atoms with van der Waals surface area (Å²) >= 11 is 0. The summed E-state index contributed by atoms with van der Waals surface area (Å²) in [5.41, 5.74) is 4.21. The molecule has 2 heterocycles. The molecular weight excluding hydrogens is 228 g/mol. The molecule has 1 amide bonds. The Hall–Kier alpha value is -1.84. The second-order valence-electron chi connectivity index (χ2n) is 5.49. The highest BCUT2D eigenvalue weighted by Gasteiger charge is 2.34. The number of carbonyl (C=O) groups excluding carboxylic acids is 2. The third kappa shape index (κ3) is 1.98. The first kappa shape index (κ1) is 12.6. The number of carbonyl (C=O) groups is 2. The monoisotopic (exact) mass is 246 g/mol. The maximum Gasteiger partial charge on any atom is 0.225 e. The first-order valence-corrected chi connectivity index (χ1v) is 6.01. The van der Waals surface area contributed by atoms with E-state index in [-0.39, 0.29) is 11.3 Å². The van der Waals surface area contributed by atoms with E-state index in [2.05, 4.69) is 10.3 Å². The van der Waals surface area contributed by atoms with Gasteiger partial charge < -0.3 is 10.3 Å². The van der Waals surface area contributed by atoms with E-state index in [9.17, 15) is 9.59 Å². The Morgan fingerprint density at radius 1 is 1.17 bits per heavy atom. The minimum absolute atomic E-state index is 0.0443. The number of hydrogen-bond donors (Lipinski definition) is 2. The first-order valence-electron chi connectivity index (χ1n) is 6.01. The van der Waals surface area contributed by atoms with Crippen molar-refractivity contribution in [3.8, 4) is 0 Å². The zero-order valence-electron chi connectivity index (χ0n) is 11.2. The topological polar surface area (TPSA) is 62.0 Å². The van der Waals surface area contributed by atoms with Gasteiger partial charge in [0, 0.05) is 23.2 Å². The van der Waals surface area contributed by atoms with Gasteiger partial charge in [-0.2, -0.15) is 0 Å². The summed E-state index contributed by atoms with van der Waals surface area (Å²) in [7, 11) is 0. The fraction of sp³-hybridized carbons (Fsp3) is 0.429. The molecule has 0 saturated carbocycles. The molecule has 0 bridgehead atoms. The molecule has 4 heteroatoms. The molecule has 18 heavy (non-hydrogen) atoms. The molecule has 1 fully saturated rings. The lowest BCUT2D eigenvalue weighted by Gasteiger charge is -2.16. The van der Waals surface area contributed by atoms with Crippen molar-refractivity contribution in [3.05, 3.63) is 28.2 Å². The zero-order valence-corrected chi connectivity index (χ0v) is 11.2. The number of aromatic nitrogens is 1. The molecule has 0 atom stereocenters. The van der Waals surface area contributed by atoms with Gasteiger partial charge in [-0.15, -0.1) is 0 Å². The number of aromatic amines is 1. The van der Waals surface area contributed by atoms with Crippen molar-refractivity contribution in [2.24, 2.45) is 5.41 Å². The van der Waals surface area contributed by atoms with Crippen molar-refractivity contribution in [1.82, 2.24) is 10.3 Å². The lowest BCUT2D eigenvalue weighted by Crippen LogP contribution is -2.15. The predicted octanol–water partition coefficient (Wildman–Crippen LogP) is 2.33. The van der Waals surface area contributed by atoms with E-state index < -0.39 is 0 Å². The Balaban J connectivity index is 2.45. The van der Waals surface area contributed by atoms with Crippen molar-refractivity contribution in [3.63, 3.8) is 0 Å². The Kier molecular flexibility index (Phi) is 2.89. The summed E-state index contributed by atoms with van der Waals surface area (Å²) in [4.78, 5) is 25.4. The van der Waals surface area contributed by atoms with Crippen molar-refractivity contribution in [2.75, 3.05) is 0 Å². The normalized spacial score (nSPS) is 20.2. The van der Waals surface area contributed by atoms with E-state index in [1.54, 1.807) is 0 Å². The smallest absolute Gasteiger partial charge is 0.225 e. The highest BCUT2D eigenvalue weighted by molar-refractivity contribution is 5.85. The van der Waals surface area contributed by atoms with E-state index in [1.807, 2.05) is 33.8 Å². The molecule has 0 radical (unpaired) electrons. The summed E-state index contributed by atoms with van der Waals surface area (Å²) in [5, 5.41) is 2.88. The van der Waals surface area contributed by atoms with Crippen LogP contribution in [0.5, 0.6) is 0 Å². The van der Waals surface area contributed by atoms with E-state index in [4.69, 9.17) is 0 Å². The summed E-state index contributed by atoms with van der Waals surface area (Å²) in [6.45, 7) is 7.94. The molecule has 1 aromatic rings. The van der Waals surface area contributed by atoms with Gasteiger partial charge in [-0.05, 0) is 31.1 Å². The molecule has 0 unspecified atom stereocenters. The Morgan fingerprint density at radius 3 is 2.22 bits per heavy atom. The lowest BCUT2D eigenvalue weighted by atomic mass is 9.88. The lowest BCUT2D eigenvalue weighted by molar-refractivity contribution is -0.119. The number of allylic oxidation sites excluding steroid dienone is 1. The summed E-state index contributed by atoms with van der Waals surface area (Å²) in [6.07, 6.45) is 3.25. The van der Waals surface area contributed by atoms with Crippen molar-refractivity contribution >= 4 is 18.3 Å². The van der Waals surface area contributed by atoms with Gasteiger partial charge in [-0.1, -0.05) is 13.8 Å². The van der Waals surface area contributed by atoms with Crippen LogP contribution in [0, 0.1) is 19.3 Å². The minimum atomic E-state index is -0.177. The fourth-order valence-corrected chi connectivity index (χ4v) is 2.23. The van der Waals surface area contributed by atoms with E-state index in [1.165, 1.54) is 0 Å². The molecule has 96 valence electrons. The number of hydrogen-bond acceptors (Lipinski definition) is 2. The SMILES string of the molecule is Cc1c(C=O)[nH]c(/C=C2\NC(=O)CC2(C)C)c1C. The third-order valence-electron chi connectivity index (χ3n) is 3.65. The van der Waals surface area contributed by atoms with Crippen LogP contribution in [-0.4, -0.2) is 17.2 Å². The summed E-state index contributed by atoms with van der Waals surface area (Å²) in [5.74, 6) is 0.0443. The van der Waals surface area contributed by atoms with Gasteiger partial charge in [-0.25, -0.2) is 0 Å². The number of rotatable bonds is 2. The molecule has 4 nitrogen and oxygen atoms in total. The third-order valence-corrected chi connectivity index (χ3v) is 3.65. The standard InChI is InChI=1S/C14H18N2O2/c1-8-9(2)11(7-17)15-10(8)5-12-14(3,4)6-13(18)16-12/h5,7,15H,6H2,1-4H3,(H,16,18)/b12-5-. The molecule has 0 aromatic carbocycles. The predicted molar refractivity (Wildman–Crippen MR) is 70.2 cm³/mol. The molecule has 1 aliphatic rings. The highest BCUT2D eigenvalue weighted by Crippen LogP contribution is 2.35. The van der Waals surface area contributed by atoms with Gasteiger partial charge in [0.15, 0.2) is 6.29 Å². The van der Waals surface area contributed by atoms with Crippen LogP contribution in [0.1, 0.15) is 47.6 Å². The fourth-order valence-electron chi connectivity index (χ4n) is 2.23. The molecule has 1 aliphatic heterocycles. The van der Waals surface area contributed by atoms with Gasteiger partial charge in [0.25, 0.3) is 0 Å². The Bertz CT molecular complexity index is 550. The van der Waals surface area contributed by atoms with Crippen LogP contribution in [0.2, 0.25) is 0 Å². The van der Waals surface area contributed by atoms with Crippen molar-refractivity contribution in [2.45, 2.75) is 34.1 Å². The highest BCUT2D eigenvalue weighted by atomic mass is 16.2. The van der Waals surface area contributed by atoms with E-state index >= 15 is 0 Å². The van der Waals surface area contributed by atoms with Gasteiger partial charge in [0.2, 0.25) is 5.91 Å². The maximum absolute atomic E-state index is 11.5. The van der Waals surface area contributed by atoms with E-state index in [0.29, 0.717) is 12.1 Å². The van der Waals surface area contributed by atoms with Crippen LogP contribution in [0.25, 0.3) is 6.08 Å². The van der Waals surface area contributed by atoms with Crippen LogP contribution in [0.4, 0.5) is 0 Å². The Morgan fingerprint density at radius 2 is 1.78 bits per heavy atom. The van der Waals surface area contributed by atoms with Crippen LogP contribution < -0.4 is 5.32 Å². The summed E-state index contributed by atoms with van der Waals surface area (Å²) in [6, 6.07) is 0. The second kappa shape index (κ2) is 4.12. The number of H-pyrrole nitrogens is 1. The van der Waals surface area contributed by atoms with Crippen LogP contribution in [0.15, 0.2) is 5.70 Å². The van der Waals surface area contributed by atoms with Crippen molar-refractivity contribution in [1.29, 1.82) is 0 Å². The van der Waals surface area contributed by atoms with E-state index in [0.717, 1.165) is 28.8 Å². The van der Waals surface area contributed by atoms with Crippen LogP contribution in [-0.2, 0) is 4.79 Å². The molecule has 0 spiro atoms. The first-order chi connectivity index (χ1) is 8.35. The molecule has 2 N–H and O–H groups in total. The average molecular weight is 246 g/mol. The number of aldehydes is 1. The minimum Gasteiger partial charge on any atom is -0.352 e. The summed E-state index contributed by atoms with van der Waals surface area (Å²) < 4.78 is 0. The van der Waals surface area contributed by atoms with Gasteiger partial charge in [0.1, 0.15) is 0 Å². The van der Waals surface area contributed by atoms with Gasteiger partial charge in [-0.3, -0.25) is 9.59 Å². The van der Waals surface area contributed by atoms with Crippen LogP contribution in [0.3, 0.4) is 0 Å². The van der Waals surface area contributed by atoms with Gasteiger partial charge >= 0.3 is 0 Å².